The summed E-state index contributed by atoms with van der Waals surface area (Å²) in [4.78, 5) is 40.8. The SMILES string of the molecule is Cc1cc(C#N)cc(C(=O)c2c(C(C)C)c(=O)[nH]c(=O)n2Cc2ccc(F)cc2F)c1. The van der Waals surface area contributed by atoms with Crippen LogP contribution < -0.4 is 11.2 Å². The fourth-order valence-electron chi connectivity index (χ4n) is 3.45. The standard InChI is InChI=1S/C23H19F2N3O3/c1-12(2)19-20(21(29)16-7-13(3)6-14(8-16)10-26)28(23(31)27-22(19)30)11-15-4-5-17(24)9-18(15)25/h4-9,12H,11H2,1-3H3,(H,27,30,31). The molecular weight excluding hydrogens is 404 g/mol. The first-order chi connectivity index (χ1) is 14.6. The average molecular weight is 423 g/mol. The van der Waals surface area contributed by atoms with Crippen molar-refractivity contribution >= 4 is 5.78 Å². The zero-order chi connectivity index (χ0) is 22.9. The smallest absolute Gasteiger partial charge is 0.287 e. The Morgan fingerprint density at radius 1 is 1.16 bits per heavy atom. The Morgan fingerprint density at radius 3 is 2.48 bits per heavy atom. The summed E-state index contributed by atoms with van der Waals surface area (Å²) in [6.07, 6.45) is 0. The second-order valence-electron chi connectivity index (χ2n) is 7.53. The molecular formula is C23H19F2N3O3. The number of rotatable bonds is 5. The van der Waals surface area contributed by atoms with Crippen molar-refractivity contribution in [3.8, 4) is 6.07 Å². The molecule has 2 aromatic carbocycles. The van der Waals surface area contributed by atoms with Crippen LogP contribution in [0.15, 0.2) is 46.0 Å². The molecule has 0 spiro atoms. The Labute approximate surface area is 176 Å². The van der Waals surface area contributed by atoms with Gasteiger partial charge in [-0.05, 0) is 42.7 Å². The molecule has 3 rings (SSSR count). The Morgan fingerprint density at radius 2 is 1.87 bits per heavy atom. The number of halogens is 2. The van der Waals surface area contributed by atoms with Crippen LogP contribution in [0.3, 0.4) is 0 Å². The monoisotopic (exact) mass is 423 g/mol. The molecule has 0 aliphatic carbocycles. The van der Waals surface area contributed by atoms with Gasteiger partial charge in [-0.2, -0.15) is 5.26 Å². The topological polar surface area (TPSA) is 95.7 Å². The van der Waals surface area contributed by atoms with E-state index in [4.69, 9.17) is 0 Å². The van der Waals surface area contributed by atoms with Crippen LogP contribution in [0.4, 0.5) is 8.78 Å². The largest absolute Gasteiger partial charge is 0.329 e. The lowest BCUT2D eigenvalue weighted by molar-refractivity contribution is 0.102. The molecule has 1 heterocycles. The van der Waals surface area contributed by atoms with E-state index in [-0.39, 0.29) is 34.5 Å². The van der Waals surface area contributed by atoms with Crippen molar-refractivity contribution in [2.75, 3.05) is 0 Å². The average Bonchev–Trinajstić information content (AvgIpc) is 2.69. The van der Waals surface area contributed by atoms with Crippen LogP contribution in [-0.4, -0.2) is 15.3 Å². The number of carbonyl (C=O) groups excluding carboxylic acids is 1. The molecule has 1 aromatic heterocycles. The van der Waals surface area contributed by atoms with Gasteiger partial charge in [0.1, 0.15) is 17.3 Å². The maximum absolute atomic E-state index is 14.3. The van der Waals surface area contributed by atoms with Crippen molar-refractivity contribution in [3.05, 3.63) is 102 Å². The van der Waals surface area contributed by atoms with E-state index in [1.165, 1.54) is 12.1 Å². The maximum atomic E-state index is 14.3. The molecule has 1 N–H and O–H groups in total. The quantitative estimate of drug-likeness (QED) is 0.636. The number of nitrogens with one attached hydrogen (secondary N) is 1. The van der Waals surface area contributed by atoms with Gasteiger partial charge < -0.3 is 0 Å². The number of nitrogens with zero attached hydrogens (tertiary/aromatic N) is 2. The highest BCUT2D eigenvalue weighted by Gasteiger charge is 2.25. The van der Waals surface area contributed by atoms with Crippen molar-refractivity contribution in [1.29, 1.82) is 5.26 Å². The predicted molar refractivity (Wildman–Crippen MR) is 110 cm³/mol. The summed E-state index contributed by atoms with van der Waals surface area (Å²) in [7, 11) is 0. The maximum Gasteiger partial charge on any atom is 0.329 e. The lowest BCUT2D eigenvalue weighted by atomic mass is 9.95. The van der Waals surface area contributed by atoms with Gasteiger partial charge in [-0.15, -0.1) is 0 Å². The Bertz CT molecular complexity index is 1350. The van der Waals surface area contributed by atoms with Crippen LogP contribution in [-0.2, 0) is 6.54 Å². The van der Waals surface area contributed by atoms with Gasteiger partial charge in [-0.1, -0.05) is 19.9 Å². The zero-order valence-electron chi connectivity index (χ0n) is 17.1. The predicted octanol–water partition coefficient (Wildman–Crippen LogP) is 3.40. The third-order valence-electron chi connectivity index (χ3n) is 4.84. The minimum atomic E-state index is -0.894. The van der Waals surface area contributed by atoms with E-state index in [1.54, 1.807) is 32.9 Å². The molecule has 31 heavy (non-hydrogen) atoms. The molecule has 0 bridgehead atoms. The first kappa shape index (κ1) is 21.8. The van der Waals surface area contributed by atoms with Gasteiger partial charge in [0.25, 0.3) is 5.56 Å². The number of hydrogen-bond donors (Lipinski definition) is 1. The molecule has 6 nitrogen and oxygen atoms in total. The Hall–Kier alpha value is -3.86. The number of hydrogen-bond acceptors (Lipinski definition) is 4. The van der Waals surface area contributed by atoms with Crippen molar-refractivity contribution in [3.63, 3.8) is 0 Å². The van der Waals surface area contributed by atoms with Gasteiger partial charge in [0, 0.05) is 22.8 Å². The lowest BCUT2D eigenvalue weighted by Gasteiger charge is -2.18. The van der Waals surface area contributed by atoms with Gasteiger partial charge >= 0.3 is 5.69 Å². The molecule has 0 atom stereocenters. The van der Waals surface area contributed by atoms with Crippen molar-refractivity contribution < 1.29 is 13.6 Å². The molecule has 0 fully saturated rings. The molecule has 0 aliphatic rings. The normalized spacial score (nSPS) is 10.9. The number of aryl methyl sites for hydroxylation is 1. The van der Waals surface area contributed by atoms with Crippen LogP contribution in [0.2, 0.25) is 0 Å². The fourth-order valence-corrected chi connectivity index (χ4v) is 3.45. The first-order valence-electron chi connectivity index (χ1n) is 9.49. The molecule has 0 aliphatic heterocycles. The highest BCUT2D eigenvalue weighted by molar-refractivity contribution is 6.09. The van der Waals surface area contributed by atoms with E-state index < -0.39 is 34.6 Å². The summed E-state index contributed by atoms with van der Waals surface area (Å²) >= 11 is 0. The van der Waals surface area contributed by atoms with Crippen molar-refractivity contribution in [2.45, 2.75) is 33.2 Å². The van der Waals surface area contributed by atoms with Crippen LogP contribution in [0.1, 0.15) is 58.1 Å². The van der Waals surface area contributed by atoms with Gasteiger partial charge in [0.15, 0.2) is 0 Å². The second-order valence-corrected chi connectivity index (χ2v) is 7.53. The van der Waals surface area contributed by atoms with Crippen LogP contribution in [0.5, 0.6) is 0 Å². The van der Waals surface area contributed by atoms with E-state index in [0.29, 0.717) is 11.6 Å². The Kier molecular flexibility index (Phi) is 5.97. The molecule has 0 amide bonds. The third kappa shape index (κ3) is 4.36. The summed E-state index contributed by atoms with van der Waals surface area (Å²) in [5, 5.41) is 9.23. The fraction of sp³-hybridized carbons (Fsp3) is 0.217. The van der Waals surface area contributed by atoms with Gasteiger partial charge in [0.2, 0.25) is 5.78 Å². The summed E-state index contributed by atoms with van der Waals surface area (Å²) < 4.78 is 28.5. The number of aromatic nitrogens is 2. The molecule has 8 heteroatoms. The van der Waals surface area contributed by atoms with E-state index in [9.17, 15) is 28.4 Å². The Balaban J connectivity index is 2.30. The number of nitriles is 1. The minimum Gasteiger partial charge on any atom is -0.287 e. The third-order valence-corrected chi connectivity index (χ3v) is 4.84. The molecule has 0 saturated carbocycles. The summed E-state index contributed by atoms with van der Waals surface area (Å²) in [6, 6.07) is 9.37. The number of aromatic amines is 1. The summed E-state index contributed by atoms with van der Waals surface area (Å²) in [6.45, 7) is 4.69. The minimum absolute atomic E-state index is 0.0266. The van der Waals surface area contributed by atoms with Gasteiger partial charge in [0.05, 0.1) is 18.2 Å². The van der Waals surface area contributed by atoms with Crippen LogP contribution in [0.25, 0.3) is 0 Å². The van der Waals surface area contributed by atoms with E-state index in [0.717, 1.165) is 10.6 Å². The van der Waals surface area contributed by atoms with E-state index in [2.05, 4.69) is 4.98 Å². The summed E-state index contributed by atoms with van der Waals surface area (Å²) in [5.41, 5.74) is -0.747. The highest BCUT2D eigenvalue weighted by Crippen LogP contribution is 2.21. The molecule has 3 aromatic rings. The lowest BCUT2D eigenvalue weighted by Crippen LogP contribution is -2.38. The number of ketones is 1. The van der Waals surface area contributed by atoms with Gasteiger partial charge in [-0.3, -0.25) is 19.1 Å². The molecule has 0 saturated heterocycles. The molecule has 158 valence electrons. The van der Waals surface area contributed by atoms with E-state index >= 15 is 0 Å². The molecule has 0 radical (unpaired) electrons. The van der Waals surface area contributed by atoms with Gasteiger partial charge in [-0.25, -0.2) is 13.6 Å². The number of benzene rings is 2. The van der Waals surface area contributed by atoms with E-state index in [1.807, 2.05) is 6.07 Å². The van der Waals surface area contributed by atoms with Crippen molar-refractivity contribution in [1.82, 2.24) is 9.55 Å². The number of H-pyrrole nitrogens is 1. The number of carbonyl (C=O) groups is 1. The van der Waals surface area contributed by atoms with Crippen LogP contribution >= 0.6 is 0 Å². The highest BCUT2D eigenvalue weighted by atomic mass is 19.1. The molecule has 0 unspecified atom stereocenters. The van der Waals surface area contributed by atoms with Crippen molar-refractivity contribution in [2.24, 2.45) is 0 Å². The summed E-state index contributed by atoms with van der Waals surface area (Å²) in [5.74, 6) is -2.74. The zero-order valence-corrected chi connectivity index (χ0v) is 17.1. The van der Waals surface area contributed by atoms with Crippen LogP contribution in [0, 0.1) is 29.9 Å². The first-order valence-corrected chi connectivity index (χ1v) is 9.49. The second kappa shape index (κ2) is 8.48.